The Labute approximate surface area is 119 Å². The Balaban J connectivity index is 2.39. The van der Waals surface area contributed by atoms with Crippen molar-refractivity contribution in [1.82, 2.24) is 0 Å². The summed E-state index contributed by atoms with van der Waals surface area (Å²) in [5.74, 6) is -0.490. The van der Waals surface area contributed by atoms with Gasteiger partial charge in [0.1, 0.15) is 0 Å². The van der Waals surface area contributed by atoms with Crippen LogP contribution in [-0.2, 0) is 0 Å². The zero-order chi connectivity index (χ0) is 14.0. The molecule has 0 spiro atoms. The molecule has 0 aromatic heterocycles. The van der Waals surface area contributed by atoms with Crippen LogP contribution >= 0.6 is 15.9 Å². The van der Waals surface area contributed by atoms with Crippen LogP contribution < -0.4 is 16.8 Å². The number of nitrogens with one attached hydrogen (secondary N) is 1. The number of hydrogen-bond acceptors (Lipinski definition) is 3. The van der Waals surface area contributed by atoms with Gasteiger partial charge in [-0.25, -0.2) is 0 Å². The number of benzene rings is 2. The molecule has 5 N–H and O–H groups in total. The molecule has 0 heterocycles. The van der Waals surface area contributed by atoms with E-state index in [4.69, 9.17) is 11.5 Å². The van der Waals surface area contributed by atoms with Crippen LogP contribution in [0.4, 0.5) is 17.1 Å². The zero-order valence-corrected chi connectivity index (χ0v) is 12.0. The number of amides is 1. The average molecular weight is 320 g/mol. The molecule has 0 unspecified atom stereocenters. The highest BCUT2D eigenvalue weighted by atomic mass is 79.9. The van der Waals surface area contributed by atoms with Crippen molar-refractivity contribution in [1.29, 1.82) is 0 Å². The highest BCUT2D eigenvalue weighted by molar-refractivity contribution is 9.10. The van der Waals surface area contributed by atoms with Crippen molar-refractivity contribution in [2.45, 2.75) is 6.92 Å². The van der Waals surface area contributed by atoms with Gasteiger partial charge in [-0.15, -0.1) is 0 Å². The van der Waals surface area contributed by atoms with Crippen molar-refractivity contribution in [3.63, 3.8) is 0 Å². The van der Waals surface area contributed by atoms with Crippen LogP contribution in [0.3, 0.4) is 0 Å². The van der Waals surface area contributed by atoms with Gasteiger partial charge in [-0.05, 0) is 48.9 Å². The van der Waals surface area contributed by atoms with E-state index in [0.29, 0.717) is 16.9 Å². The lowest BCUT2D eigenvalue weighted by molar-refractivity contribution is 0.100. The van der Waals surface area contributed by atoms with E-state index >= 15 is 0 Å². The van der Waals surface area contributed by atoms with E-state index in [0.717, 1.165) is 15.7 Å². The molecule has 0 radical (unpaired) electrons. The summed E-state index contributed by atoms with van der Waals surface area (Å²) in [6.45, 7) is 1.99. The van der Waals surface area contributed by atoms with Crippen molar-refractivity contribution >= 4 is 38.9 Å². The van der Waals surface area contributed by atoms with Crippen molar-refractivity contribution in [3.05, 3.63) is 52.0 Å². The number of hydrogen-bond donors (Lipinski definition) is 3. The number of aryl methyl sites for hydroxylation is 1. The number of nitrogens with two attached hydrogens (primary N) is 2. The Kier molecular flexibility index (Phi) is 3.76. The number of halogens is 1. The average Bonchev–Trinajstić information content (AvgIpc) is 2.33. The summed E-state index contributed by atoms with van der Waals surface area (Å²) < 4.78 is 1.03. The van der Waals surface area contributed by atoms with E-state index in [2.05, 4.69) is 21.2 Å². The van der Waals surface area contributed by atoms with Gasteiger partial charge in [0.2, 0.25) is 0 Å². The maximum Gasteiger partial charge on any atom is 0.250 e. The molecule has 19 heavy (non-hydrogen) atoms. The van der Waals surface area contributed by atoms with Crippen LogP contribution in [0.2, 0.25) is 0 Å². The molecular weight excluding hydrogens is 306 g/mol. The molecule has 0 bridgehead atoms. The molecule has 0 aliphatic heterocycles. The number of nitrogen functional groups attached to an aromatic ring is 1. The number of carbonyl (C=O) groups is 1. The third kappa shape index (κ3) is 3.06. The minimum atomic E-state index is -0.490. The maximum atomic E-state index is 11.4. The molecule has 0 saturated heterocycles. The summed E-state index contributed by atoms with van der Waals surface area (Å²) in [5.41, 5.74) is 14.6. The normalized spacial score (nSPS) is 10.2. The van der Waals surface area contributed by atoms with Gasteiger partial charge >= 0.3 is 0 Å². The second kappa shape index (κ2) is 5.32. The topological polar surface area (TPSA) is 81.1 Å². The summed E-state index contributed by atoms with van der Waals surface area (Å²) in [7, 11) is 0. The fraction of sp³-hybridized carbons (Fsp3) is 0.0714. The SMILES string of the molecule is Cc1cc(Nc2cc(N)ccc2C(N)=O)ccc1Br. The van der Waals surface area contributed by atoms with Gasteiger partial charge in [0.15, 0.2) is 0 Å². The predicted molar refractivity (Wildman–Crippen MR) is 81.5 cm³/mol. The van der Waals surface area contributed by atoms with Crippen LogP contribution in [-0.4, -0.2) is 5.91 Å². The van der Waals surface area contributed by atoms with E-state index in [9.17, 15) is 4.79 Å². The van der Waals surface area contributed by atoms with Crippen LogP contribution in [0.5, 0.6) is 0 Å². The third-order valence-electron chi connectivity index (χ3n) is 2.75. The molecule has 5 heteroatoms. The Morgan fingerprint density at radius 1 is 1.21 bits per heavy atom. The number of primary amides is 1. The first kappa shape index (κ1) is 13.4. The Morgan fingerprint density at radius 3 is 2.58 bits per heavy atom. The summed E-state index contributed by atoms with van der Waals surface area (Å²) in [5, 5.41) is 3.16. The maximum absolute atomic E-state index is 11.4. The fourth-order valence-electron chi connectivity index (χ4n) is 1.76. The predicted octanol–water partition coefficient (Wildman–Crippen LogP) is 3.18. The molecule has 0 atom stereocenters. The Hall–Kier alpha value is -2.01. The lowest BCUT2D eigenvalue weighted by Crippen LogP contribution is -2.13. The van der Waals surface area contributed by atoms with Crippen molar-refractivity contribution in [3.8, 4) is 0 Å². The summed E-state index contributed by atoms with van der Waals surface area (Å²) in [6.07, 6.45) is 0. The number of anilines is 3. The van der Waals surface area contributed by atoms with E-state index in [-0.39, 0.29) is 0 Å². The van der Waals surface area contributed by atoms with Gasteiger partial charge in [0.05, 0.1) is 11.3 Å². The summed E-state index contributed by atoms with van der Waals surface area (Å²) in [4.78, 5) is 11.4. The molecule has 4 nitrogen and oxygen atoms in total. The van der Waals surface area contributed by atoms with E-state index in [1.54, 1.807) is 18.2 Å². The second-order valence-electron chi connectivity index (χ2n) is 4.26. The fourth-order valence-corrected chi connectivity index (χ4v) is 2.00. The number of rotatable bonds is 3. The summed E-state index contributed by atoms with van der Waals surface area (Å²) in [6, 6.07) is 10.8. The zero-order valence-electron chi connectivity index (χ0n) is 10.4. The van der Waals surface area contributed by atoms with Gasteiger partial charge in [-0.2, -0.15) is 0 Å². The molecule has 1 amide bonds. The Bertz CT molecular complexity index is 641. The third-order valence-corrected chi connectivity index (χ3v) is 3.64. The van der Waals surface area contributed by atoms with E-state index in [1.807, 2.05) is 25.1 Å². The Morgan fingerprint density at radius 2 is 1.95 bits per heavy atom. The molecule has 0 fully saturated rings. The molecular formula is C14H14BrN3O. The minimum Gasteiger partial charge on any atom is -0.399 e. The van der Waals surface area contributed by atoms with Crippen LogP contribution in [0.1, 0.15) is 15.9 Å². The quantitative estimate of drug-likeness (QED) is 0.760. The van der Waals surface area contributed by atoms with Crippen LogP contribution in [0, 0.1) is 6.92 Å². The molecule has 0 saturated carbocycles. The smallest absolute Gasteiger partial charge is 0.250 e. The molecule has 0 aliphatic rings. The molecule has 2 aromatic rings. The molecule has 2 rings (SSSR count). The first-order valence-electron chi connectivity index (χ1n) is 5.70. The van der Waals surface area contributed by atoms with Gasteiger partial charge < -0.3 is 16.8 Å². The highest BCUT2D eigenvalue weighted by Crippen LogP contribution is 2.26. The largest absolute Gasteiger partial charge is 0.399 e. The minimum absolute atomic E-state index is 0.412. The summed E-state index contributed by atoms with van der Waals surface area (Å²) >= 11 is 3.44. The lowest BCUT2D eigenvalue weighted by Gasteiger charge is -2.12. The number of carbonyl (C=O) groups excluding carboxylic acids is 1. The van der Waals surface area contributed by atoms with Gasteiger partial charge in [0, 0.05) is 15.8 Å². The van der Waals surface area contributed by atoms with Crippen molar-refractivity contribution in [2.75, 3.05) is 11.1 Å². The monoisotopic (exact) mass is 319 g/mol. The van der Waals surface area contributed by atoms with E-state index in [1.165, 1.54) is 0 Å². The van der Waals surface area contributed by atoms with Crippen molar-refractivity contribution in [2.24, 2.45) is 5.73 Å². The first-order chi connectivity index (χ1) is 8.97. The van der Waals surface area contributed by atoms with Crippen molar-refractivity contribution < 1.29 is 4.79 Å². The van der Waals surface area contributed by atoms with Gasteiger partial charge in [0.25, 0.3) is 5.91 Å². The van der Waals surface area contributed by atoms with Gasteiger partial charge in [-0.3, -0.25) is 4.79 Å². The molecule has 0 aliphatic carbocycles. The lowest BCUT2D eigenvalue weighted by atomic mass is 10.1. The van der Waals surface area contributed by atoms with Crippen LogP contribution in [0.25, 0.3) is 0 Å². The highest BCUT2D eigenvalue weighted by Gasteiger charge is 2.09. The first-order valence-corrected chi connectivity index (χ1v) is 6.49. The van der Waals surface area contributed by atoms with Gasteiger partial charge in [-0.1, -0.05) is 15.9 Å². The van der Waals surface area contributed by atoms with Crippen LogP contribution in [0.15, 0.2) is 40.9 Å². The second-order valence-corrected chi connectivity index (χ2v) is 5.11. The molecule has 98 valence electrons. The standard InChI is InChI=1S/C14H14BrN3O/c1-8-6-10(3-5-12(8)15)18-13-7-9(16)2-4-11(13)14(17)19/h2-7,18H,16H2,1H3,(H2,17,19). The van der Waals surface area contributed by atoms with E-state index < -0.39 is 5.91 Å². The molecule has 2 aromatic carbocycles.